The Morgan fingerprint density at radius 2 is 1.90 bits per heavy atom. The maximum atomic E-state index is 13.9. The summed E-state index contributed by atoms with van der Waals surface area (Å²) in [6.07, 6.45) is 1.09. The highest BCUT2D eigenvalue weighted by molar-refractivity contribution is 7.98. The first kappa shape index (κ1) is 22.3. The summed E-state index contributed by atoms with van der Waals surface area (Å²) in [6, 6.07) is 14.5. The van der Waals surface area contributed by atoms with Gasteiger partial charge in [-0.1, -0.05) is 12.1 Å². The number of pyridine rings is 1. The van der Waals surface area contributed by atoms with Crippen molar-refractivity contribution in [1.29, 1.82) is 0 Å². The molecule has 0 atom stereocenters. The molecule has 3 aromatic rings. The van der Waals surface area contributed by atoms with Gasteiger partial charge in [-0.15, -0.1) is 11.8 Å². The van der Waals surface area contributed by atoms with Crippen LogP contribution in [0.4, 0.5) is 10.2 Å². The lowest BCUT2D eigenvalue weighted by Crippen LogP contribution is -2.14. The molecule has 0 fully saturated rings. The van der Waals surface area contributed by atoms with Crippen molar-refractivity contribution in [3.8, 4) is 5.75 Å². The zero-order chi connectivity index (χ0) is 22.4. The van der Waals surface area contributed by atoms with Gasteiger partial charge in [0.25, 0.3) is 5.91 Å². The molecule has 1 heterocycles. The van der Waals surface area contributed by atoms with E-state index in [0.29, 0.717) is 22.0 Å². The average Bonchev–Trinajstić information content (AvgIpc) is 2.73. The number of ether oxygens (including phenoxy) is 1. The molecule has 0 bridgehead atoms. The maximum absolute atomic E-state index is 13.9. The first-order valence-corrected chi connectivity index (χ1v) is 10.5. The number of carbonyl (C=O) groups is 2. The molecule has 0 unspecified atom stereocenters. The number of anilines is 1. The van der Waals surface area contributed by atoms with E-state index in [1.54, 1.807) is 30.3 Å². The average molecular weight is 440 g/mol. The highest BCUT2D eigenvalue weighted by atomic mass is 32.2. The fourth-order valence-electron chi connectivity index (χ4n) is 2.72. The molecule has 8 heteroatoms. The molecular formula is C23H21FN2O4S. The number of rotatable bonds is 8. The molecule has 2 aromatic carbocycles. The van der Waals surface area contributed by atoms with Crippen molar-refractivity contribution in [2.45, 2.75) is 30.6 Å². The van der Waals surface area contributed by atoms with Gasteiger partial charge in [0.15, 0.2) is 0 Å². The lowest BCUT2D eigenvalue weighted by Gasteiger charge is -2.14. The van der Waals surface area contributed by atoms with E-state index in [-0.39, 0.29) is 23.3 Å². The molecule has 6 nitrogen and oxygen atoms in total. The second-order valence-electron chi connectivity index (χ2n) is 6.94. The molecule has 3 rings (SSSR count). The van der Waals surface area contributed by atoms with Crippen LogP contribution in [-0.4, -0.2) is 28.1 Å². The third-order valence-electron chi connectivity index (χ3n) is 4.08. The number of carbonyl (C=O) groups excluding carboxylic acids is 1. The van der Waals surface area contributed by atoms with Gasteiger partial charge in [-0.2, -0.15) is 0 Å². The predicted octanol–water partition coefficient (Wildman–Crippen LogP) is 5.25. The first-order valence-electron chi connectivity index (χ1n) is 9.50. The lowest BCUT2D eigenvalue weighted by molar-refractivity contribution is 0.0696. The Kier molecular flexibility index (Phi) is 7.25. The topological polar surface area (TPSA) is 88.5 Å². The predicted molar refractivity (Wildman–Crippen MR) is 117 cm³/mol. The van der Waals surface area contributed by atoms with Crippen LogP contribution < -0.4 is 10.1 Å². The molecule has 1 amide bonds. The van der Waals surface area contributed by atoms with Crippen LogP contribution in [0.2, 0.25) is 0 Å². The number of thioether (sulfide) groups is 1. The van der Waals surface area contributed by atoms with Crippen molar-refractivity contribution in [3.05, 3.63) is 83.3 Å². The fraction of sp³-hybridized carbons (Fsp3) is 0.174. The summed E-state index contributed by atoms with van der Waals surface area (Å²) in [5.41, 5.74) is 1.18. The van der Waals surface area contributed by atoms with Crippen molar-refractivity contribution in [2.24, 2.45) is 0 Å². The molecule has 0 radical (unpaired) electrons. The van der Waals surface area contributed by atoms with E-state index in [1.165, 1.54) is 36.2 Å². The summed E-state index contributed by atoms with van der Waals surface area (Å²) in [5, 5.41) is 11.6. The van der Waals surface area contributed by atoms with Crippen molar-refractivity contribution >= 4 is 29.5 Å². The van der Waals surface area contributed by atoms with Crippen molar-refractivity contribution in [1.82, 2.24) is 4.98 Å². The van der Waals surface area contributed by atoms with Crippen LogP contribution in [-0.2, 0) is 5.75 Å². The smallest absolute Gasteiger partial charge is 0.337 e. The summed E-state index contributed by atoms with van der Waals surface area (Å²) in [4.78, 5) is 28.2. The lowest BCUT2D eigenvalue weighted by atomic mass is 10.1. The minimum absolute atomic E-state index is 0.0257. The van der Waals surface area contributed by atoms with Crippen LogP contribution >= 0.6 is 11.8 Å². The second-order valence-corrected chi connectivity index (χ2v) is 7.96. The van der Waals surface area contributed by atoms with Crippen molar-refractivity contribution in [3.63, 3.8) is 0 Å². The highest BCUT2D eigenvalue weighted by Crippen LogP contribution is 2.28. The largest absolute Gasteiger partial charge is 0.491 e. The van der Waals surface area contributed by atoms with E-state index in [1.807, 2.05) is 19.9 Å². The standard InChI is InChI=1S/C23H21FN2O4S/c1-14(2)30-18-10-15(13-31-20-6-4-3-5-19(20)24)9-17(11-18)22(27)26-21-8-7-16(12-25-21)23(28)29/h3-12,14H,13H2,1-2H3,(H,28,29)(H,25,26,27). The Balaban J connectivity index is 1.80. The first-order chi connectivity index (χ1) is 14.8. The highest BCUT2D eigenvalue weighted by Gasteiger charge is 2.13. The number of carboxylic acids is 1. The SMILES string of the molecule is CC(C)Oc1cc(CSc2ccccc2F)cc(C(=O)Nc2ccc(C(=O)O)cn2)c1. The summed E-state index contributed by atoms with van der Waals surface area (Å²) >= 11 is 1.33. The van der Waals surface area contributed by atoms with Gasteiger partial charge in [0.2, 0.25) is 0 Å². The normalized spacial score (nSPS) is 10.7. The van der Waals surface area contributed by atoms with Gasteiger partial charge in [0.05, 0.1) is 11.7 Å². The molecule has 1 aromatic heterocycles. The number of benzene rings is 2. The van der Waals surface area contributed by atoms with Gasteiger partial charge in [-0.25, -0.2) is 14.2 Å². The van der Waals surface area contributed by atoms with Crippen molar-refractivity contribution in [2.75, 3.05) is 5.32 Å². The molecule has 2 N–H and O–H groups in total. The Bertz CT molecular complexity index is 1090. The van der Waals surface area contributed by atoms with Crippen LogP contribution in [0.5, 0.6) is 5.75 Å². The zero-order valence-corrected chi connectivity index (χ0v) is 17.8. The summed E-state index contributed by atoms with van der Waals surface area (Å²) in [5.74, 6) is -0.602. The van der Waals surface area contributed by atoms with Crippen molar-refractivity contribution < 1.29 is 23.8 Å². The maximum Gasteiger partial charge on any atom is 0.337 e. The number of carboxylic acid groups (broad SMARTS) is 1. The van der Waals surface area contributed by atoms with Gasteiger partial charge < -0.3 is 15.2 Å². The monoisotopic (exact) mass is 440 g/mol. The number of nitrogens with zero attached hydrogens (tertiary/aromatic N) is 1. The molecule has 160 valence electrons. The zero-order valence-electron chi connectivity index (χ0n) is 17.0. The van der Waals surface area contributed by atoms with E-state index in [0.717, 1.165) is 5.56 Å². The molecule has 0 saturated heterocycles. The van der Waals surface area contributed by atoms with Gasteiger partial charge in [-0.05, 0) is 61.9 Å². The quantitative estimate of drug-likeness (QED) is 0.465. The molecule has 0 aliphatic heterocycles. The van der Waals surface area contributed by atoms with Gasteiger partial charge >= 0.3 is 5.97 Å². The number of aromatic nitrogens is 1. The number of hydrogen-bond donors (Lipinski definition) is 2. The molecule has 0 spiro atoms. The van der Waals surface area contributed by atoms with E-state index in [2.05, 4.69) is 10.3 Å². The number of nitrogens with one attached hydrogen (secondary N) is 1. The van der Waals surface area contributed by atoms with Gasteiger partial charge in [0.1, 0.15) is 17.4 Å². The minimum atomic E-state index is -1.10. The van der Waals surface area contributed by atoms with Crippen LogP contribution in [0.1, 0.15) is 40.1 Å². The van der Waals surface area contributed by atoms with E-state index in [9.17, 15) is 14.0 Å². The van der Waals surface area contributed by atoms with Crippen LogP contribution in [0.3, 0.4) is 0 Å². The molecule has 0 saturated carbocycles. The van der Waals surface area contributed by atoms with E-state index >= 15 is 0 Å². The molecule has 31 heavy (non-hydrogen) atoms. The molecular weight excluding hydrogens is 419 g/mol. The molecule has 0 aliphatic rings. The third-order valence-corrected chi connectivity index (χ3v) is 5.20. The van der Waals surface area contributed by atoms with Crippen LogP contribution in [0.15, 0.2) is 65.7 Å². The Labute approximate surface area is 183 Å². The Hall–Kier alpha value is -3.39. The number of amides is 1. The number of hydrogen-bond acceptors (Lipinski definition) is 5. The van der Waals surface area contributed by atoms with E-state index in [4.69, 9.17) is 9.84 Å². The van der Waals surface area contributed by atoms with E-state index < -0.39 is 11.9 Å². The summed E-state index contributed by atoms with van der Waals surface area (Å²) in [7, 11) is 0. The van der Waals surface area contributed by atoms with Gasteiger partial charge in [0, 0.05) is 22.4 Å². The minimum Gasteiger partial charge on any atom is -0.491 e. The molecule has 0 aliphatic carbocycles. The summed E-state index contributed by atoms with van der Waals surface area (Å²) in [6.45, 7) is 3.77. The second kappa shape index (κ2) is 10.1. The summed E-state index contributed by atoms with van der Waals surface area (Å²) < 4.78 is 19.7. The number of aromatic carboxylic acids is 1. The Morgan fingerprint density at radius 3 is 2.55 bits per heavy atom. The van der Waals surface area contributed by atoms with Gasteiger partial charge in [-0.3, -0.25) is 4.79 Å². The Morgan fingerprint density at radius 1 is 1.13 bits per heavy atom. The van der Waals surface area contributed by atoms with Crippen LogP contribution in [0, 0.1) is 5.82 Å². The third kappa shape index (κ3) is 6.29. The number of halogens is 1. The van der Waals surface area contributed by atoms with Crippen LogP contribution in [0.25, 0.3) is 0 Å². The fourth-order valence-corrected chi connectivity index (χ4v) is 3.59.